The van der Waals surface area contributed by atoms with Gasteiger partial charge in [0, 0.05) is 25.6 Å². The van der Waals surface area contributed by atoms with Crippen molar-refractivity contribution in [1.29, 1.82) is 0 Å². The van der Waals surface area contributed by atoms with E-state index < -0.39 is 0 Å². The van der Waals surface area contributed by atoms with Crippen LogP contribution in [0.1, 0.15) is 17.0 Å². The van der Waals surface area contributed by atoms with Gasteiger partial charge in [-0.1, -0.05) is 24.3 Å². The predicted molar refractivity (Wildman–Crippen MR) is 57.2 cm³/mol. The van der Waals surface area contributed by atoms with E-state index in [0.29, 0.717) is 0 Å². The van der Waals surface area contributed by atoms with Crippen LogP contribution in [0.4, 0.5) is 0 Å². The Morgan fingerprint density at radius 2 is 1.86 bits per heavy atom. The average Bonchev–Trinajstić information content (AvgIpc) is 2.61. The standard InChI is InChI=1S/C12H16N2/c1-2-4-11-9(3-1)5-13-6-10-7-14-8-12(10)11/h1-4,10,12-14H,5-8H2. The van der Waals surface area contributed by atoms with Crippen molar-refractivity contribution in [2.24, 2.45) is 5.92 Å². The van der Waals surface area contributed by atoms with E-state index in [1.807, 2.05) is 0 Å². The summed E-state index contributed by atoms with van der Waals surface area (Å²) in [5.74, 6) is 1.53. The molecule has 2 aliphatic heterocycles. The van der Waals surface area contributed by atoms with E-state index in [9.17, 15) is 0 Å². The zero-order valence-corrected chi connectivity index (χ0v) is 8.29. The Morgan fingerprint density at radius 3 is 2.86 bits per heavy atom. The maximum atomic E-state index is 3.53. The van der Waals surface area contributed by atoms with Gasteiger partial charge in [-0.3, -0.25) is 0 Å². The minimum absolute atomic E-state index is 0.737. The summed E-state index contributed by atoms with van der Waals surface area (Å²) >= 11 is 0. The first-order chi connectivity index (χ1) is 6.95. The summed E-state index contributed by atoms with van der Waals surface area (Å²) in [7, 11) is 0. The molecular formula is C12H16N2. The van der Waals surface area contributed by atoms with Gasteiger partial charge < -0.3 is 10.6 Å². The number of hydrogen-bond acceptors (Lipinski definition) is 2. The molecule has 0 aliphatic carbocycles. The Hall–Kier alpha value is -0.860. The van der Waals surface area contributed by atoms with Gasteiger partial charge >= 0.3 is 0 Å². The van der Waals surface area contributed by atoms with Crippen LogP contribution in [0, 0.1) is 5.92 Å². The molecule has 0 spiro atoms. The minimum atomic E-state index is 0.737. The van der Waals surface area contributed by atoms with Crippen LogP contribution in [-0.2, 0) is 6.54 Å². The summed E-state index contributed by atoms with van der Waals surface area (Å²) in [5.41, 5.74) is 3.05. The molecule has 2 heterocycles. The van der Waals surface area contributed by atoms with Crippen LogP contribution in [-0.4, -0.2) is 19.6 Å². The number of nitrogens with one attached hydrogen (secondary N) is 2. The molecule has 1 saturated heterocycles. The third-order valence-electron chi connectivity index (χ3n) is 3.52. The highest BCUT2D eigenvalue weighted by molar-refractivity contribution is 5.33. The van der Waals surface area contributed by atoms with Crippen molar-refractivity contribution in [2.45, 2.75) is 12.5 Å². The first-order valence-electron chi connectivity index (χ1n) is 5.44. The van der Waals surface area contributed by atoms with E-state index in [1.54, 1.807) is 5.56 Å². The average molecular weight is 188 g/mol. The summed E-state index contributed by atoms with van der Waals surface area (Å²) in [6.07, 6.45) is 0. The van der Waals surface area contributed by atoms with Crippen LogP contribution in [0.5, 0.6) is 0 Å². The molecule has 2 unspecified atom stereocenters. The van der Waals surface area contributed by atoms with E-state index >= 15 is 0 Å². The van der Waals surface area contributed by atoms with Crippen molar-refractivity contribution >= 4 is 0 Å². The SMILES string of the molecule is c1ccc2c(c1)CNCC1CNCC21. The lowest BCUT2D eigenvalue weighted by atomic mass is 9.87. The molecule has 0 saturated carbocycles. The lowest BCUT2D eigenvalue weighted by Crippen LogP contribution is -2.23. The van der Waals surface area contributed by atoms with Gasteiger partial charge in [-0.25, -0.2) is 0 Å². The van der Waals surface area contributed by atoms with E-state index in [2.05, 4.69) is 34.9 Å². The Morgan fingerprint density at radius 1 is 1.00 bits per heavy atom. The van der Waals surface area contributed by atoms with Crippen LogP contribution in [0.15, 0.2) is 24.3 Å². The van der Waals surface area contributed by atoms with Crippen molar-refractivity contribution in [3.63, 3.8) is 0 Å². The molecule has 0 amide bonds. The van der Waals surface area contributed by atoms with Crippen LogP contribution in [0.2, 0.25) is 0 Å². The molecule has 74 valence electrons. The highest BCUT2D eigenvalue weighted by atomic mass is 15.0. The predicted octanol–water partition coefficient (Wildman–Crippen LogP) is 1.09. The fourth-order valence-electron chi connectivity index (χ4n) is 2.76. The molecule has 2 aliphatic rings. The van der Waals surface area contributed by atoms with E-state index in [4.69, 9.17) is 0 Å². The summed E-state index contributed by atoms with van der Waals surface area (Å²) in [5, 5.41) is 7.03. The van der Waals surface area contributed by atoms with E-state index in [0.717, 1.165) is 31.5 Å². The Balaban J connectivity index is 2.04. The molecule has 2 N–H and O–H groups in total. The molecule has 2 atom stereocenters. The fraction of sp³-hybridized carbons (Fsp3) is 0.500. The Bertz CT molecular complexity index is 335. The third kappa shape index (κ3) is 1.26. The zero-order valence-electron chi connectivity index (χ0n) is 8.29. The second-order valence-electron chi connectivity index (χ2n) is 4.35. The molecule has 1 aromatic carbocycles. The molecule has 3 rings (SSSR count). The Labute approximate surface area is 84.7 Å². The first kappa shape index (κ1) is 8.45. The van der Waals surface area contributed by atoms with Crippen LogP contribution < -0.4 is 10.6 Å². The maximum Gasteiger partial charge on any atom is 0.0208 e. The van der Waals surface area contributed by atoms with E-state index in [-0.39, 0.29) is 0 Å². The van der Waals surface area contributed by atoms with Crippen molar-refractivity contribution < 1.29 is 0 Å². The molecule has 0 radical (unpaired) electrons. The molecule has 0 bridgehead atoms. The van der Waals surface area contributed by atoms with Crippen molar-refractivity contribution in [1.82, 2.24) is 10.6 Å². The maximum absolute atomic E-state index is 3.53. The molecular weight excluding hydrogens is 172 g/mol. The van der Waals surface area contributed by atoms with Gasteiger partial charge in [0.05, 0.1) is 0 Å². The number of rotatable bonds is 0. The molecule has 2 heteroatoms. The normalized spacial score (nSPS) is 30.6. The molecule has 0 aromatic heterocycles. The van der Waals surface area contributed by atoms with E-state index in [1.165, 1.54) is 12.1 Å². The second kappa shape index (κ2) is 3.37. The lowest BCUT2D eigenvalue weighted by Gasteiger charge is -2.16. The van der Waals surface area contributed by atoms with Gasteiger partial charge in [0.2, 0.25) is 0 Å². The monoisotopic (exact) mass is 188 g/mol. The summed E-state index contributed by atoms with van der Waals surface area (Å²) < 4.78 is 0. The second-order valence-corrected chi connectivity index (χ2v) is 4.35. The minimum Gasteiger partial charge on any atom is -0.316 e. The van der Waals surface area contributed by atoms with Gasteiger partial charge in [0.15, 0.2) is 0 Å². The molecule has 1 fully saturated rings. The van der Waals surface area contributed by atoms with Crippen LogP contribution in [0.3, 0.4) is 0 Å². The van der Waals surface area contributed by atoms with Gasteiger partial charge in [-0.05, 0) is 23.6 Å². The van der Waals surface area contributed by atoms with Crippen LogP contribution >= 0.6 is 0 Å². The van der Waals surface area contributed by atoms with Gasteiger partial charge in [-0.15, -0.1) is 0 Å². The fourth-order valence-corrected chi connectivity index (χ4v) is 2.76. The number of benzene rings is 1. The summed E-state index contributed by atoms with van der Waals surface area (Å²) in [4.78, 5) is 0. The lowest BCUT2D eigenvalue weighted by molar-refractivity contribution is 0.491. The molecule has 14 heavy (non-hydrogen) atoms. The van der Waals surface area contributed by atoms with Gasteiger partial charge in [0.25, 0.3) is 0 Å². The van der Waals surface area contributed by atoms with Gasteiger partial charge in [0.1, 0.15) is 0 Å². The van der Waals surface area contributed by atoms with Gasteiger partial charge in [-0.2, -0.15) is 0 Å². The van der Waals surface area contributed by atoms with Crippen molar-refractivity contribution in [2.75, 3.05) is 19.6 Å². The smallest absolute Gasteiger partial charge is 0.0208 e. The van der Waals surface area contributed by atoms with Crippen LogP contribution in [0.25, 0.3) is 0 Å². The topological polar surface area (TPSA) is 24.1 Å². The zero-order chi connectivity index (χ0) is 9.38. The summed E-state index contributed by atoms with van der Waals surface area (Å²) in [6, 6.07) is 8.86. The first-order valence-corrected chi connectivity index (χ1v) is 5.44. The number of hydrogen-bond donors (Lipinski definition) is 2. The highest BCUT2D eigenvalue weighted by Crippen LogP contribution is 2.31. The quantitative estimate of drug-likeness (QED) is 0.637. The van der Waals surface area contributed by atoms with Crippen molar-refractivity contribution in [3.8, 4) is 0 Å². The summed E-state index contributed by atoms with van der Waals surface area (Å²) in [6.45, 7) is 4.53. The van der Waals surface area contributed by atoms with Crippen molar-refractivity contribution in [3.05, 3.63) is 35.4 Å². The Kier molecular flexibility index (Phi) is 2.03. The molecule has 2 nitrogen and oxygen atoms in total. The third-order valence-corrected chi connectivity index (χ3v) is 3.52. The highest BCUT2D eigenvalue weighted by Gasteiger charge is 2.31. The largest absolute Gasteiger partial charge is 0.316 e. The molecule has 1 aromatic rings. The number of fused-ring (bicyclic) bond motifs is 3.